The third-order valence-electron chi connectivity index (χ3n) is 3.55. The van der Waals surface area contributed by atoms with Crippen LogP contribution in [0.25, 0.3) is 0 Å². The molecule has 21 heavy (non-hydrogen) atoms. The van der Waals surface area contributed by atoms with Gasteiger partial charge in [-0.05, 0) is 52.7 Å². The van der Waals surface area contributed by atoms with Crippen molar-refractivity contribution in [2.24, 2.45) is 0 Å². The summed E-state index contributed by atoms with van der Waals surface area (Å²) in [4.78, 5) is 13.3. The molecule has 0 bridgehead atoms. The number of hydrogen-bond donors (Lipinski definition) is 2. The average Bonchev–Trinajstić information content (AvgIpc) is 2.38. The lowest BCUT2D eigenvalue weighted by molar-refractivity contribution is -0.144. The zero-order valence-corrected chi connectivity index (χ0v) is 14.5. The highest BCUT2D eigenvalue weighted by Gasteiger charge is 2.31. The number of aliphatic carboxylic acids is 1. The summed E-state index contributed by atoms with van der Waals surface area (Å²) in [6, 6.07) is 0. The number of carbonyl (C=O) groups is 1. The first-order valence-corrected chi connectivity index (χ1v) is 9.51. The van der Waals surface area contributed by atoms with E-state index < -0.39 is 21.3 Å². The van der Waals surface area contributed by atoms with Crippen LogP contribution in [0.1, 0.15) is 39.5 Å². The van der Waals surface area contributed by atoms with Crippen LogP contribution in [-0.2, 0) is 14.6 Å². The molecule has 0 radical (unpaired) electrons. The lowest BCUT2D eigenvalue weighted by Crippen LogP contribution is -2.49. The highest BCUT2D eigenvalue weighted by molar-refractivity contribution is 7.90. The van der Waals surface area contributed by atoms with Crippen molar-refractivity contribution in [1.82, 2.24) is 10.2 Å². The smallest absolute Gasteiger partial charge is 0.323 e. The fraction of sp³-hybridized carbons (Fsp3) is 0.929. The van der Waals surface area contributed by atoms with E-state index in [1.807, 2.05) is 18.9 Å². The van der Waals surface area contributed by atoms with Crippen LogP contribution in [0.3, 0.4) is 0 Å². The highest BCUT2D eigenvalue weighted by Crippen LogP contribution is 2.14. The topological polar surface area (TPSA) is 86.7 Å². The van der Waals surface area contributed by atoms with Gasteiger partial charge in [0.05, 0.1) is 5.75 Å². The maximum absolute atomic E-state index is 11.3. The minimum atomic E-state index is -2.92. The van der Waals surface area contributed by atoms with E-state index in [1.54, 1.807) is 6.92 Å². The summed E-state index contributed by atoms with van der Waals surface area (Å²) >= 11 is 0. The Morgan fingerprint density at radius 3 is 2.38 bits per heavy atom. The van der Waals surface area contributed by atoms with Crippen LogP contribution in [0.5, 0.6) is 0 Å². The molecule has 1 unspecified atom stereocenters. The number of nitrogens with zero attached hydrogens (tertiary/aromatic N) is 1. The number of hydrogen-bond acceptors (Lipinski definition) is 5. The summed E-state index contributed by atoms with van der Waals surface area (Å²) in [6.07, 6.45) is 4.36. The zero-order chi connectivity index (χ0) is 16.5. The van der Waals surface area contributed by atoms with E-state index in [9.17, 15) is 18.3 Å². The molecule has 7 heteroatoms. The number of rotatable bonds is 12. The molecule has 0 aliphatic heterocycles. The van der Waals surface area contributed by atoms with E-state index in [2.05, 4.69) is 5.32 Å². The summed E-state index contributed by atoms with van der Waals surface area (Å²) in [5.74, 6) is -0.657. The van der Waals surface area contributed by atoms with Crippen LogP contribution in [0.15, 0.2) is 0 Å². The normalized spacial score (nSPS) is 15.1. The number of carboxylic acid groups (broad SMARTS) is 1. The van der Waals surface area contributed by atoms with Gasteiger partial charge in [-0.2, -0.15) is 0 Å². The van der Waals surface area contributed by atoms with Crippen LogP contribution in [0, 0.1) is 0 Å². The summed E-state index contributed by atoms with van der Waals surface area (Å²) < 4.78 is 22.1. The second-order valence-electron chi connectivity index (χ2n) is 5.95. The van der Waals surface area contributed by atoms with Gasteiger partial charge in [0, 0.05) is 12.8 Å². The van der Waals surface area contributed by atoms with Gasteiger partial charge >= 0.3 is 5.97 Å². The van der Waals surface area contributed by atoms with Crippen LogP contribution in [0.4, 0.5) is 0 Å². The second kappa shape index (κ2) is 9.38. The van der Waals surface area contributed by atoms with Gasteiger partial charge in [0.1, 0.15) is 15.4 Å². The molecule has 0 aromatic carbocycles. The molecule has 6 nitrogen and oxygen atoms in total. The largest absolute Gasteiger partial charge is 0.480 e. The van der Waals surface area contributed by atoms with Gasteiger partial charge in [-0.1, -0.05) is 6.92 Å². The molecule has 0 spiro atoms. The third-order valence-corrected chi connectivity index (χ3v) is 4.47. The van der Waals surface area contributed by atoms with E-state index in [0.29, 0.717) is 19.5 Å². The molecule has 0 fully saturated rings. The van der Waals surface area contributed by atoms with E-state index in [4.69, 9.17) is 0 Å². The van der Waals surface area contributed by atoms with Crippen molar-refractivity contribution in [1.29, 1.82) is 0 Å². The molecule has 0 rings (SSSR count). The monoisotopic (exact) mass is 322 g/mol. The van der Waals surface area contributed by atoms with Gasteiger partial charge in [0.25, 0.3) is 0 Å². The van der Waals surface area contributed by atoms with Crippen LogP contribution < -0.4 is 5.32 Å². The zero-order valence-electron chi connectivity index (χ0n) is 13.7. The molecule has 0 aromatic rings. The molecular formula is C14H30N2O4S. The minimum Gasteiger partial charge on any atom is -0.480 e. The molecule has 0 aromatic heterocycles. The molecule has 1 atom stereocenters. The predicted molar refractivity (Wildman–Crippen MR) is 85.4 cm³/mol. The average molecular weight is 322 g/mol. The molecule has 0 saturated heterocycles. The van der Waals surface area contributed by atoms with Crippen LogP contribution >= 0.6 is 0 Å². The van der Waals surface area contributed by atoms with Gasteiger partial charge in [0.15, 0.2) is 0 Å². The Morgan fingerprint density at radius 1 is 1.29 bits per heavy atom. The second-order valence-corrected chi connectivity index (χ2v) is 8.21. The van der Waals surface area contributed by atoms with Crippen LogP contribution in [-0.4, -0.2) is 68.6 Å². The standard InChI is InChI=1S/C14H30N2O4S/c1-5-9-15-14(2,13(17)18)8-6-7-10-16(3)11-12-21(4,19)20/h15H,5-12H2,1-4H3,(H,17,18). The van der Waals surface area contributed by atoms with E-state index in [0.717, 1.165) is 25.8 Å². The molecular weight excluding hydrogens is 292 g/mol. The highest BCUT2D eigenvalue weighted by atomic mass is 32.2. The van der Waals surface area contributed by atoms with Gasteiger partial charge in [-0.25, -0.2) is 8.42 Å². The van der Waals surface area contributed by atoms with E-state index >= 15 is 0 Å². The van der Waals surface area contributed by atoms with Gasteiger partial charge < -0.3 is 15.3 Å². The number of sulfone groups is 1. The Bertz CT molecular complexity index is 411. The first-order chi connectivity index (χ1) is 9.60. The van der Waals surface area contributed by atoms with Crippen molar-refractivity contribution >= 4 is 15.8 Å². The quantitative estimate of drug-likeness (QED) is 0.521. The molecule has 0 aliphatic rings. The summed E-state index contributed by atoms with van der Waals surface area (Å²) in [5, 5.41) is 12.4. The molecule has 2 N–H and O–H groups in total. The van der Waals surface area contributed by atoms with Crippen molar-refractivity contribution in [3.63, 3.8) is 0 Å². The Hall–Kier alpha value is -0.660. The third kappa shape index (κ3) is 9.82. The van der Waals surface area contributed by atoms with Gasteiger partial charge in [-0.15, -0.1) is 0 Å². The SMILES string of the molecule is CCCNC(C)(CCCCN(C)CCS(C)(=O)=O)C(=O)O. The predicted octanol–water partition coefficient (Wildman–Crippen LogP) is 0.976. The van der Waals surface area contributed by atoms with Gasteiger partial charge in [0.2, 0.25) is 0 Å². The Kier molecular flexibility index (Phi) is 9.08. The Morgan fingerprint density at radius 2 is 1.90 bits per heavy atom. The molecule has 0 saturated carbocycles. The van der Waals surface area contributed by atoms with Crippen molar-refractivity contribution in [3.8, 4) is 0 Å². The maximum Gasteiger partial charge on any atom is 0.323 e. The number of carboxylic acids is 1. The first kappa shape index (κ1) is 20.3. The van der Waals surface area contributed by atoms with E-state index in [1.165, 1.54) is 6.26 Å². The molecule has 0 heterocycles. The van der Waals surface area contributed by atoms with Crippen molar-refractivity contribution < 1.29 is 18.3 Å². The van der Waals surface area contributed by atoms with Gasteiger partial charge in [-0.3, -0.25) is 4.79 Å². The fourth-order valence-electron chi connectivity index (χ4n) is 1.97. The number of nitrogens with one attached hydrogen (secondary N) is 1. The number of unbranched alkanes of at least 4 members (excludes halogenated alkanes) is 1. The van der Waals surface area contributed by atoms with Crippen molar-refractivity contribution in [2.75, 3.05) is 38.7 Å². The molecule has 0 amide bonds. The lowest BCUT2D eigenvalue weighted by Gasteiger charge is -2.26. The first-order valence-electron chi connectivity index (χ1n) is 7.45. The maximum atomic E-state index is 11.3. The Balaban J connectivity index is 4.02. The molecule has 126 valence electrons. The lowest BCUT2D eigenvalue weighted by atomic mass is 9.94. The summed E-state index contributed by atoms with van der Waals surface area (Å²) in [7, 11) is -1.04. The summed E-state index contributed by atoms with van der Waals surface area (Å²) in [6.45, 7) is 5.71. The van der Waals surface area contributed by atoms with Crippen molar-refractivity contribution in [3.05, 3.63) is 0 Å². The Labute approximate surface area is 128 Å². The van der Waals surface area contributed by atoms with Crippen LogP contribution in [0.2, 0.25) is 0 Å². The van der Waals surface area contributed by atoms with Crippen molar-refractivity contribution in [2.45, 2.75) is 45.1 Å². The minimum absolute atomic E-state index is 0.161. The fourth-order valence-corrected chi connectivity index (χ4v) is 2.61. The molecule has 0 aliphatic carbocycles. The summed E-state index contributed by atoms with van der Waals surface area (Å²) in [5.41, 5.74) is -0.874. The van der Waals surface area contributed by atoms with E-state index in [-0.39, 0.29) is 5.75 Å².